The Kier molecular flexibility index (Phi) is 4.19. The topological polar surface area (TPSA) is 68.5 Å². The predicted octanol–water partition coefficient (Wildman–Crippen LogP) is 2.76. The van der Waals surface area contributed by atoms with Crippen molar-refractivity contribution in [3.63, 3.8) is 0 Å². The van der Waals surface area contributed by atoms with Crippen LogP contribution in [0.1, 0.15) is 43.3 Å². The van der Waals surface area contributed by atoms with Crippen molar-refractivity contribution in [2.45, 2.75) is 38.2 Å². The van der Waals surface area contributed by atoms with Crippen LogP contribution in [0, 0.1) is 5.92 Å². The van der Waals surface area contributed by atoms with Gasteiger partial charge in [0.05, 0.1) is 5.92 Å². The number of hydrogen-bond acceptors (Lipinski definition) is 5. The molecule has 1 aliphatic carbocycles. The highest BCUT2D eigenvalue weighted by atomic mass is 16.5. The van der Waals surface area contributed by atoms with Crippen LogP contribution in [0.4, 0.5) is 0 Å². The van der Waals surface area contributed by atoms with E-state index in [2.05, 4.69) is 10.1 Å². The number of carbonyl (C=O) groups is 1. The minimum atomic E-state index is 0.185. The third-order valence-electron chi connectivity index (χ3n) is 4.85. The lowest BCUT2D eigenvalue weighted by Crippen LogP contribution is -2.50. The van der Waals surface area contributed by atoms with Gasteiger partial charge in [0.25, 0.3) is 5.89 Å². The zero-order chi connectivity index (χ0) is 16.4. The minimum Gasteiger partial charge on any atom is -0.484 e. The summed E-state index contributed by atoms with van der Waals surface area (Å²) in [4.78, 5) is 18.6. The number of hydrogen-bond donors (Lipinski definition) is 0. The second-order valence-corrected chi connectivity index (χ2v) is 6.57. The van der Waals surface area contributed by atoms with Crippen LogP contribution in [0.2, 0.25) is 0 Å². The molecule has 24 heavy (non-hydrogen) atoms. The molecule has 6 heteroatoms. The van der Waals surface area contributed by atoms with Gasteiger partial charge in [-0.2, -0.15) is 4.98 Å². The zero-order valence-corrected chi connectivity index (χ0v) is 13.6. The smallest absolute Gasteiger partial charge is 0.264 e. The molecule has 2 fully saturated rings. The number of nitrogens with zero attached hydrogens (tertiary/aromatic N) is 3. The average Bonchev–Trinajstić information content (AvgIpc) is 3.24. The molecular formula is C18H21N3O3. The van der Waals surface area contributed by atoms with Gasteiger partial charge in [0, 0.05) is 19.0 Å². The van der Waals surface area contributed by atoms with Crippen LogP contribution in [0.15, 0.2) is 34.9 Å². The molecule has 0 atom stereocenters. The van der Waals surface area contributed by atoms with Crippen molar-refractivity contribution in [3.05, 3.63) is 42.0 Å². The maximum Gasteiger partial charge on any atom is 0.264 e. The van der Waals surface area contributed by atoms with Crippen molar-refractivity contribution in [2.75, 3.05) is 13.1 Å². The van der Waals surface area contributed by atoms with E-state index in [1.54, 1.807) is 0 Å². The van der Waals surface area contributed by atoms with Crippen molar-refractivity contribution < 1.29 is 14.1 Å². The van der Waals surface area contributed by atoms with Gasteiger partial charge in [-0.05, 0) is 25.0 Å². The molecule has 1 aromatic carbocycles. The Morgan fingerprint density at radius 1 is 1.21 bits per heavy atom. The first kappa shape index (κ1) is 15.2. The van der Waals surface area contributed by atoms with E-state index in [0.717, 1.165) is 18.6 Å². The monoisotopic (exact) mass is 327 g/mol. The number of benzene rings is 1. The Labute approximate surface area is 140 Å². The molecule has 2 aliphatic rings. The molecule has 126 valence electrons. The largest absolute Gasteiger partial charge is 0.484 e. The molecule has 1 saturated carbocycles. The van der Waals surface area contributed by atoms with E-state index < -0.39 is 0 Å². The maximum absolute atomic E-state index is 12.3. The lowest BCUT2D eigenvalue weighted by molar-refractivity contribution is -0.140. The zero-order valence-electron chi connectivity index (χ0n) is 13.6. The Morgan fingerprint density at radius 2 is 1.96 bits per heavy atom. The lowest BCUT2D eigenvalue weighted by Gasteiger charge is -2.39. The summed E-state index contributed by atoms with van der Waals surface area (Å²) in [6.45, 7) is 1.66. The fourth-order valence-corrected chi connectivity index (χ4v) is 3.41. The van der Waals surface area contributed by atoms with E-state index in [1.165, 1.54) is 12.8 Å². The predicted molar refractivity (Wildman–Crippen MR) is 86.4 cm³/mol. The summed E-state index contributed by atoms with van der Waals surface area (Å²) in [5.74, 6) is 2.65. The first-order valence-electron chi connectivity index (χ1n) is 8.59. The first-order valence-corrected chi connectivity index (χ1v) is 8.59. The SMILES string of the molecule is O=C(C1CCCC1)N1CC(c2noc(COc3ccccc3)n2)C1. The van der Waals surface area contributed by atoms with Gasteiger partial charge in [-0.1, -0.05) is 36.2 Å². The van der Waals surface area contributed by atoms with Gasteiger partial charge in [-0.3, -0.25) is 4.79 Å². The molecule has 0 N–H and O–H groups in total. The average molecular weight is 327 g/mol. The molecule has 2 heterocycles. The molecule has 1 aromatic heterocycles. The summed E-state index contributed by atoms with van der Waals surface area (Å²) in [6.07, 6.45) is 4.46. The quantitative estimate of drug-likeness (QED) is 0.844. The van der Waals surface area contributed by atoms with Gasteiger partial charge in [0.2, 0.25) is 5.91 Å². The molecule has 0 spiro atoms. The normalized spacial score (nSPS) is 18.6. The van der Waals surface area contributed by atoms with Crippen molar-refractivity contribution in [2.24, 2.45) is 5.92 Å². The number of para-hydroxylation sites is 1. The van der Waals surface area contributed by atoms with Gasteiger partial charge < -0.3 is 14.2 Å². The van der Waals surface area contributed by atoms with E-state index in [-0.39, 0.29) is 18.4 Å². The van der Waals surface area contributed by atoms with E-state index in [1.807, 2.05) is 35.2 Å². The molecule has 0 bridgehead atoms. The highest BCUT2D eigenvalue weighted by molar-refractivity contribution is 5.80. The first-order chi connectivity index (χ1) is 11.8. The Bertz CT molecular complexity index is 689. The Morgan fingerprint density at radius 3 is 2.71 bits per heavy atom. The molecule has 0 unspecified atom stereocenters. The molecule has 1 aliphatic heterocycles. The summed E-state index contributed by atoms with van der Waals surface area (Å²) in [6, 6.07) is 9.54. The number of carbonyl (C=O) groups excluding carboxylic acids is 1. The van der Waals surface area contributed by atoms with Crippen LogP contribution >= 0.6 is 0 Å². The summed E-state index contributed by atoms with van der Waals surface area (Å²) >= 11 is 0. The van der Waals surface area contributed by atoms with Crippen molar-refractivity contribution in [3.8, 4) is 5.75 Å². The summed E-state index contributed by atoms with van der Waals surface area (Å²) in [5, 5.41) is 4.04. The Balaban J connectivity index is 1.28. The van der Waals surface area contributed by atoms with Gasteiger partial charge in [0.15, 0.2) is 12.4 Å². The third-order valence-corrected chi connectivity index (χ3v) is 4.85. The summed E-state index contributed by atoms with van der Waals surface area (Å²) in [7, 11) is 0. The van der Waals surface area contributed by atoms with E-state index >= 15 is 0 Å². The van der Waals surface area contributed by atoms with Gasteiger partial charge in [0.1, 0.15) is 5.75 Å². The molecule has 2 aromatic rings. The number of aromatic nitrogens is 2. The van der Waals surface area contributed by atoms with Crippen LogP contribution in [0.3, 0.4) is 0 Å². The van der Waals surface area contributed by atoms with Gasteiger partial charge >= 0.3 is 0 Å². The van der Waals surface area contributed by atoms with Crippen LogP contribution in [0.5, 0.6) is 5.75 Å². The maximum atomic E-state index is 12.3. The van der Waals surface area contributed by atoms with Crippen LogP contribution in [0.25, 0.3) is 0 Å². The number of amides is 1. The molecule has 1 amide bonds. The van der Waals surface area contributed by atoms with Crippen LogP contribution in [-0.2, 0) is 11.4 Å². The second kappa shape index (κ2) is 6.63. The standard InChI is InChI=1S/C18H21N3O3/c22-18(13-6-4-5-7-13)21-10-14(11-21)17-19-16(24-20-17)12-23-15-8-2-1-3-9-15/h1-3,8-9,13-14H,4-7,10-12H2. The van der Waals surface area contributed by atoms with Crippen molar-refractivity contribution in [1.82, 2.24) is 15.0 Å². The molecule has 4 rings (SSSR count). The fraction of sp³-hybridized carbons (Fsp3) is 0.500. The van der Waals surface area contributed by atoms with Gasteiger partial charge in [-0.15, -0.1) is 0 Å². The number of likely N-dealkylation sites (tertiary alicyclic amines) is 1. The minimum absolute atomic E-state index is 0.185. The lowest BCUT2D eigenvalue weighted by atomic mass is 9.96. The highest BCUT2D eigenvalue weighted by Crippen LogP contribution is 2.32. The third kappa shape index (κ3) is 3.13. The molecule has 1 saturated heterocycles. The summed E-state index contributed by atoms with van der Waals surface area (Å²) < 4.78 is 10.9. The van der Waals surface area contributed by atoms with E-state index in [9.17, 15) is 4.79 Å². The molecular weight excluding hydrogens is 306 g/mol. The molecule has 6 nitrogen and oxygen atoms in total. The molecule has 0 radical (unpaired) electrons. The number of ether oxygens (including phenoxy) is 1. The van der Waals surface area contributed by atoms with Crippen LogP contribution in [-0.4, -0.2) is 34.0 Å². The van der Waals surface area contributed by atoms with E-state index in [4.69, 9.17) is 9.26 Å². The summed E-state index contributed by atoms with van der Waals surface area (Å²) in [5.41, 5.74) is 0. The van der Waals surface area contributed by atoms with Crippen molar-refractivity contribution >= 4 is 5.91 Å². The van der Waals surface area contributed by atoms with Gasteiger partial charge in [-0.25, -0.2) is 0 Å². The van der Waals surface area contributed by atoms with Crippen molar-refractivity contribution in [1.29, 1.82) is 0 Å². The fourth-order valence-electron chi connectivity index (χ4n) is 3.41. The number of rotatable bonds is 5. The highest BCUT2D eigenvalue weighted by Gasteiger charge is 2.38. The van der Waals surface area contributed by atoms with Crippen LogP contribution < -0.4 is 4.74 Å². The van der Waals surface area contributed by atoms with E-state index in [0.29, 0.717) is 30.7 Å². The second-order valence-electron chi connectivity index (χ2n) is 6.57. The Hall–Kier alpha value is -2.37.